The van der Waals surface area contributed by atoms with Crippen molar-refractivity contribution in [2.75, 3.05) is 19.7 Å². The van der Waals surface area contributed by atoms with Gasteiger partial charge in [-0.2, -0.15) is 5.10 Å². The summed E-state index contributed by atoms with van der Waals surface area (Å²) in [6.45, 7) is 3.73. The second kappa shape index (κ2) is 7.87. The highest BCUT2D eigenvalue weighted by Crippen LogP contribution is 2.22. The molecule has 1 aromatic carbocycles. The van der Waals surface area contributed by atoms with Crippen LogP contribution in [-0.2, 0) is 4.79 Å². The zero-order valence-corrected chi connectivity index (χ0v) is 14.8. The molecule has 0 radical (unpaired) electrons. The van der Waals surface area contributed by atoms with E-state index in [4.69, 9.17) is 16.3 Å². The molecular formula is C18H21ClFN3O2. The van der Waals surface area contributed by atoms with E-state index in [1.165, 1.54) is 18.3 Å². The van der Waals surface area contributed by atoms with Crippen molar-refractivity contribution in [1.82, 2.24) is 14.7 Å². The minimum absolute atomic E-state index is 0.0336. The van der Waals surface area contributed by atoms with Gasteiger partial charge in [-0.25, -0.2) is 4.39 Å². The van der Waals surface area contributed by atoms with E-state index in [1.54, 1.807) is 23.0 Å². The molecule has 25 heavy (non-hydrogen) atoms. The molecule has 7 heteroatoms. The zero-order chi connectivity index (χ0) is 17.8. The van der Waals surface area contributed by atoms with Gasteiger partial charge in [-0.15, -0.1) is 0 Å². The average molecular weight is 366 g/mol. The molecule has 0 aliphatic carbocycles. The number of rotatable bonds is 5. The van der Waals surface area contributed by atoms with Gasteiger partial charge in [0.05, 0.1) is 17.8 Å². The number of likely N-dealkylation sites (tertiary alicyclic amines) is 1. The Bertz CT molecular complexity index is 719. The Morgan fingerprint density at radius 1 is 1.44 bits per heavy atom. The molecule has 5 nitrogen and oxygen atoms in total. The number of nitrogens with zero attached hydrogens (tertiary/aromatic N) is 3. The van der Waals surface area contributed by atoms with Crippen molar-refractivity contribution in [2.45, 2.75) is 25.8 Å². The molecule has 1 saturated heterocycles. The first-order valence-corrected chi connectivity index (χ1v) is 8.77. The SMILES string of the molecule is CC(C(=O)N1CCCC(COc2ccc(F)cc2)C1)n1cc(Cl)cn1. The maximum Gasteiger partial charge on any atom is 0.247 e. The summed E-state index contributed by atoms with van der Waals surface area (Å²) in [5, 5.41) is 4.63. The van der Waals surface area contributed by atoms with Crippen LogP contribution in [0.4, 0.5) is 4.39 Å². The average Bonchev–Trinajstić information content (AvgIpc) is 3.06. The highest BCUT2D eigenvalue weighted by Gasteiger charge is 2.28. The van der Waals surface area contributed by atoms with Crippen molar-refractivity contribution >= 4 is 17.5 Å². The summed E-state index contributed by atoms with van der Waals surface area (Å²) in [6, 6.07) is 5.60. The van der Waals surface area contributed by atoms with Crippen LogP contribution in [0.1, 0.15) is 25.8 Å². The first-order valence-electron chi connectivity index (χ1n) is 8.40. The van der Waals surface area contributed by atoms with Crippen molar-refractivity contribution in [2.24, 2.45) is 5.92 Å². The highest BCUT2D eigenvalue weighted by atomic mass is 35.5. The highest BCUT2D eigenvalue weighted by molar-refractivity contribution is 6.30. The number of carbonyl (C=O) groups excluding carboxylic acids is 1. The molecule has 134 valence electrons. The summed E-state index contributed by atoms with van der Waals surface area (Å²) >= 11 is 5.88. The monoisotopic (exact) mass is 365 g/mol. The van der Waals surface area contributed by atoms with Gasteiger partial charge in [0, 0.05) is 25.2 Å². The van der Waals surface area contributed by atoms with E-state index in [1.807, 2.05) is 11.8 Å². The molecular weight excluding hydrogens is 345 g/mol. The van der Waals surface area contributed by atoms with Crippen LogP contribution < -0.4 is 4.74 Å². The lowest BCUT2D eigenvalue weighted by Gasteiger charge is -2.34. The lowest BCUT2D eigenvalue weighted by Crippen LogP contribution is -2.44. The van der Waals surface area contributed by atoms with Gasteiger partial charge in [-0.1, -0.05) is 11.6 Å². The van der Waals surface area contributed by atoms with Crippen molar-refractivity contribution in [3.63, 3.8) is 0 Å². The van der Waals surface area contributed by atoms with Gasteiger partial charge in [0.1, 0.15) is 17.6 Å². The summed E-state index contributed by atoms with van der Waals surface area (Å²) in [4.78, 5) is 14.6. The van der Waals surface area contributed by atoms with Gasteiger partial charge in [0.15, 0.2) is 0 Å². The second-order valence-corrected chi connectivity index (χ2v) is 6.81. The Hall–Kier alpha value is -2.08. The Morgan fingerprint density at radius 2 is 2.20 bits per heavy atom. The minimum Gasteiger partial charge on any atom is -0.493 e. The predicted molar refractivity (Wildman–Crippen MR) is 93.1 cm³/mol. The quantitative estimate of drug-likeness (QED) is 0.814. The number of hydrogen-bond acceptors (Lipinski definition) is 3. The van der Waals surface area contributed by atoms with Gasteiger partial charge < -0.3 is 9.64 Å². The first-order chi connectivity index (χ1) is 12.0. The Balaban J connectivity index is 1.55. The second-order valence-electron chi connectivity index (χ2n) is 6.37. The van der Waals surface area contributed by atoms with Crippen LogP contribution in [-0.4, -0.2) is 40.3 Å². The molecule has 2 heterocycles. The van der Waals surface area contributed by atoms with Crippen LogP contribution in [0.25, 0.3) is 0 Å². The van der Waals surface area contributed by atoms with Crippen molar-refractivity contribution in [1.29, 1.82) is 0 Å². The molecule has 2 unspecified atom stereocenters. The van der Waals surface area contributed by atoms with Gasteiger partial charge in [0.25, 0.3) is 0 Å². The largest absolute Gasteiger partial charge is 0.493 e. The third-order valence-corrected chi connectivity index (χ3v) is 4.65. The van der Waals surface area contributed by atoms with E-state index >= 15 is 0 Å². The van der Waals surface area contributed by atoms with Gasteiger partial charge in [-0.3, -0.25) is 9.48 Å². The number of carbonyl (C=O) groups is 1. The topological polar surface area (TPSA) is 47.4 Å². The lowest BCUT2D eigenvalue weighted by atomic mass is 9.98. The minimum atomic E-state index is -0.385. The fourth-order valence-electron chi connectivity index (χ4n) is 3.05. The molecule has 0 spiro atoms. The fourth-order valence-corrected chi connectivity index (χ4v) is 3.19. The maximum atomic E-state index is 12.9. The summed E-state index contributed by atoms with van der Waals surface area (Å²) in [7, 11) is 0. The third kappa shape index (κ3) is 4.51. The van der Waals surface area contributed by atoms with E-state index in [-0.39, 0.29) is 23.7 Å². The van der Waals surface area contributed by atoms with Crippen LogP contribution in [0.3, 0.4) is 0 Å². The molecule has 1 fully saturated rings. The number of hydrogen-bond donors (Lipinski definition) is 0. The predicted octanol–water partition coefficient (Wildman–Crippen LogP) is 3.55. The van der Waals surface area contributed by atoms with E-state index in [9.17, 15) is 9.18 Å². The van der Waals surface area contributed by atoms with Crippen LogP contribution in [0, 0.1) is 11.7 Å². The summed E-state index contributed by atoms with van der Waals surface area (Å²) in [5.74, 6) is 0.654. The lowest BCUT2D eigenvalue weighted by molar-refractivity contribution is -0.136. The number of benzene rings is 1. The number of ether oxygens (including phenoxy) is 1. The molecule has 2 aromatic rings. The zero-order valence-electron chi connectivity index (χ0n) is 14.1. The van der Waals surface area contributed by atoms with Crippen molar-refractivity contribution in [3.05, 3.63) is 47.5 Å². The number of halogens is 2. The fraction of sp³-hybridized carbons (Fsp3) is 0.444. The van der Waals surface area contributed by atoms with E-state index < -0.39 is 0 Å². The smallest absolute Gasteiger partial charge is 0.247 e. The van der Waals surface area contributed by atoms with E-state index in [0.29, 0.717) is 23.9 Å². The molecule has 1 aromatic heterocycles. The number of aromatic nitrogens is 2. The molecule has 1 aliphatic rings. The van der Waals surface area contributed by atoms with Gasteiger partial charge in [0.2, 0.25) is 5.91 Å². The van der Waals surface area contributed by atoms with E-state index in [0.717, 1.165) is 19.4 Å². The van der Waals surface area contributed by atoms with Crippen molar-refractivity contribution < 1.29 is 13.9 Å². The number of piperidine rings is 1. The molecule has 0 saturated carbocycles. The molecule has 3 rings (SSSR count). The van der Waals surface area contributed by atoms with Crippen LogP contribution >= 0.6 is 11.6 Å². The molecule has 0 bridgehead atoms. The van der Waals surface area contributed by atoms with E-state index in [2.05, 4.69) is 5.10 Å². The molecule has 0 N–H and O–H groups in total. The van der Waals surface area contributed by atoms with Crippen LogP contribution in [0.15, 0.2) is 36.7 Å². The molecule has 2 atom stereocenters. The third-order valence-electron chi connectivity index (χ3n) is 4.45. The summed E-state index contributed by atoms with van der Waals surface area (Å²) in [5.41, 5.74) is 0. The van der Waals surface area contributed by atoms with Gasteiger partial charge >= 0.3 is 0 Å². The molecule has 1 aliphatic heterocycles. The Morgan fingerprint density at radius 3 is 2.88 bits per heavy atom. The summed E-state index contributed by atoms with van der Waals surface area (Å²) in [6.07, 6.45) is 5.13. The normalized spacial score (nSPS) is 18.8. The molecule has 1 amide bonds. The summed E-state index contributed by atoms with van der Waals surface area (Å²) < 4.78 is 20.2. The Kier molecular flexibility index (Phi) is 5.58. The van der Waals surface area contributed by atoms with Crippen LogP contribution in [0.5, 0.6) is 5.75 Å². The van der Waals surface area contributed by atoms with Crippen molar-refractivity contribution in [3.8, 4) is 5.75 Å². The maximum absolute atomic E-state index is 12.9. The Labute approximate surface area is 151 Å². The van der Waals surface area contributed by atoms with Crippen LogP contribution in [0.2, 0.25) is 5.02 Å². The first kappa shape index (κ1) is 17.7. The standard InChI is InChI=1S/C18H21ClFN3O2/c1-13(23-11-15(19)9-21-23)18(24)22-8-2-3-14(10-22)12-25-17-6-4-16(20)5-7-17/h4-7,9,11,13-14H,2-3,8,10,12H2,1H3. The number of amides is 1. The van der Waals surface area contributed by atoms with Gasteiger partial charge in [-0.05, 0) is 44.0 Å².